The molecule has 24 heavy (non-hydrogen) atoms. The van der Waals surface area contributed by atoms with Crippen LogP contribution in [0.3, 0.4) is 0 Å². The molecule has 5 nitrogen and oxygen atoms in total. The van der Waals surface area contributed by atoms with Gasteiger partial charge in [-0.05, 0) is 31.2 Å². The van der Waals surface area contributed by atoms with Crippen LogP contribution in [0.5, 0.6) is 0 Å². The maximum Gasteiger partial charge on any atom is 0.315 e. The highest BCUT2D eigenvalue weighted by molar-refractivity contribution is 7.10. The SMILES string of the molecule is C[C@H](NC(=O)NC1CCCCC1)[C@H](c1cccs1)N1CCOCC1. The predicted molar refractivity (Wildman–Crippen MR) is 97.5 cm³/mol. The summed E-state index contributed by atoms with van der Waals surface area (Å²) >= 11 is 1.76. The van der Waals surface area contributed by atoms with Crippen molar-refractivity contribution in [2.24, 2.45) is 0 Å². The molecule has 134 valence electrons. The number of thiophene rings is 1. The van der Waals surface area contributed by atoms with E-state index in [1.165, 1.54) is 24.1 Å². The average Bonchev–Trinajstić information content (AvgIpc) is 3.11. The van der Waals surface area contributed by atoms with Gasteiger partial charge in [-0.25, -0.2) is 4.79 Å². The highest BCUT2D eigenvalue weighted by Gasteiger charge is 2.29. The van der Waals surface area contributed by atoms with Crippen LogP contribution in [0.25, 0.3) is 0 Å². The molecule has 1 aromatic rings. The second-order valence-electron chi connectivity index (χ2n) is 6.85. The molecule has 2 amide bonds. The third kappa shape index (κ3) is 4.71. The molecule has 0 aromatic carbocycles. The zero-order valence-corrected chi connectivity index (χ0v) is 15.3. The Morgan fingerprint density at radius 3 is 2.71 bits per heavy atom. The van der Waals surface area contributed by atoms with Crippen LogP contribution in [-0.2, 0) is 4.74 Å². The summed E-state index contributed by atoms with van der Waals surface area (Å²) in [7, 11) is 0. The number of rotatable bonds is 5. The summed E-state index contributed by atoms with van der Waals surface area (Å²) in [6, 6.07) is 4.85. The number of carbonyl (C=O) groups excluding carboxylic acids is 1. The molecule has 1 aliphatic carbocycles. The quantitative estimate of drug-likeness (QED) is 0.857. The summed E-state index contributed by atoms with van der Waals surface area (Å²) in [5, 5.41) is 8.46. The Balaban J connectivity index is 1.60. The van der Waals surface area contributed by atoms with Gasteiger partial charge in [0.05, 0.1) is 19.3 Å². The van der Waals surface area contributed by atoms with E-state index in [-0.39, 0.29) is 18.1 Å². The minimum absolute atomic E-state index is 0.0239. The molecule has 0 bridgehead atoms. The Kier molecular flexibility index (Phi) is 6.51. The number of nitrogens with zero attached hydrogens (tertiary/aromatic N) is 1. The van der Waals surface area contributed by atoms with E-state index in [1.54, 1.807) is 11.3 Å². The van der Waals surface area contributed by atoms with E-state index in [9.17, 15) is 4.79 Å². The summed E-state index contributed by atoms with van der Waals surface area (Å²) in [5.74, 6) is 0. The lowest BCUT2D eigenvalue weighted by Crippen LogP contribution is -2.52. The molecule has 2 N–H and O–H groups in total. The Bertz CT molecular complexity index is 496. The van der Waals surface area contributed by atoms with Gasteiger partial charge in [0.1, 0.15) is 0 Å². The van der Waals surface area contributed by atoms with E-state index >= 15 is 0 Å². The van der Waals surface area contributed by atoms with E-state index < -0.39 is 0 Å². The number of ether oxygens (including phenoxy) is 1. The highest BCUT2D eigenvalue weighted by atomic mass is 32.1. The topological polar surface area (TPSA) is 53.6 Å². The molecule has 1 saturated heterocycles. The van der Waals surface area contributed by atoms with Crippen molar-refractivity contribution in [2.75, 3.05) is 26.3 Å². The van der Waals surface area contributed by atoms with E-state index in [4.69, 9.17) is 4.74 Å². The van der Waals surface area contributed by atoms with Crippen molar-refractivity contribution in [1.82, 2.24) is 15.5 Å². The highest BCUT2D eigenvalue weighted by Crippen LogP contribution is 2.29. The molecule has 3 rings (SSSR count). The van der Waals surface area contributed by atoms with E-state index in [0.717, 1.165) is 39.1 Å². The lowest BCUT2D eigenvalue weighted by molar-refractivity contribution is 0.0104. The summed E-state index contributed by atoms with van der Waals surface area (Å²) in [6.07, 6.45) is 5.98. The minimum atomic E-state index is -0.0239. The molecule has 1 aliphatic heterocycles. The maximum absolute atomic E-state index is 12.4. The minimum Gasteiger partial charge on any atom is -0.379 e. The summed E-state index contributed by atoms with van der Waals surface area (Å²) < 4.78 is 5.49. The molecular weight excluding hydrogens is 322 g/mol. The number of hydrogen-bond acceptors (Lipinski definition) is 4. The number of hydrogen-bond donors (Lipinski definition) is 2. The van der Waals surface area contributed by atoms with Crippen LogP contribution in [-0.4, -0.2) is 49.3 Å². The molecule has 1 aromatic heterocycles. The van der Waals surface area contributed by atoms with Crippen molar-refractivity contribution in [3.8, 4) is 0 Å². The first-order valence-corrected chi connectivity index (χ1v) is 10.0. The maximum atomic E-state index is 12.4. The first-order valence-electron chi connectivity index (χ1n) is 9.16. The van der Waals surface area contributed by atoms with E-state index in [2.05, 4.69) is 40.0 Å². The van der Waals surface area contributed by atoms with Gasteiger partial charge in [0.2, 0.25) is 0 Å². The molecular formula is C18H29N3O2S. The number of morpholine rings is 1. The Hall–Kier alpha value is -1.11. The fourth-order valence-electron chi connectivity index (χ4n) is 3.82. The summed E-state index contributed by atoms with van der Waals surface area (Å²) in [4.78, 5) is 16.2. The fourth-order valence-corrected chi connectivity index (χ4v) is 4.78. The molecule has 0 unspecified atom stereocenters. The van der Waals surface area contributed by atoms with Gasteiger partial charge in [0.15, 0.2) is 0 Å². The molecule has 2 heterocycles. The zero-order chi connectivity index (χ0) is 16.8. The lowest BCUT2D eigenvalue weighted by atomic mass is 9.96. The zero-order valence-electron chi connectivity index (χ0n) is 14.5. The van der Waals surface area contributed by atoms with Gasteiger partial charge in [-0.3, -0.25) is 4.90 Å². The third-order valence-corrected chi connectivity index (χ3v) is 5.99. The van der Waals surface area contributed by atoms with Crippen LogP contribution in [0.4, 0.5) is 4.79 Å². The monoisotopic (exact) mass is 351 g/mol. The van der Waals surface area contributed by atoms with Crippen LogP contribution in [0, 0.1) is 0 Å². The number of nitrogens with one attached hydrogen (secondary N) is 2. The molecule has 0 radical (unpaired) electrons. The second-order valence-corrected chi connectivity index (χ2v) is 7.83. The smallest absolute Gasteiger partial charge is 0.315 e. The summed E-state index contributed by atoms with van der Waals surface area (Å²) in [5.41, 5.74) is 0. The van der Waals surface area contributed by atoms with Crippen LogP contribution >= 0.6 is 11.3 Å². The van der Waals surface area contributed by atoms with Crippen LogP contribution in [0.15, 0.2) is 17.5 Å². The first kappa shape index (κ1) is 17.7. The second kappa shape index (κ2) is 8.83. The van der Waals surface area contributed by atoms with Crippen LogP contribution < -0.4 is 10.6 Å². The Morgan fingerprint density at radius 2 is 2.04 bits per heavy atom. The number of amides is 2. The van der Waals surface area contributed by atoms with Gasteiger partial charge in [0, 0.05) is 30.1 Å². The number of urea groups is 1. The fraction of sp³-hybridized carbons (Fsp3) is 0.722. The first-order chi connectivity index (χ1) is 11.7. The van der Waals surface area contributed by atoms with E-state index in [1.807, 2.05) is 0 Å². The third-order valence-electron chi connectivity index (χ3n) is 5.05. The van der Waals surface area contributed by atoms with E-state index in [0.29, 0.717) is 6.04 Å². The van der Waals surface area contributed by atoms with Crippen molar-refractivity contribution in [2.45, 2.75) is 57.2 Å². The normalized spacial score (nSPS) is 22.7. The molecule has 2 atom stereocenters. The molecule has 2 fully saturated rings. The van der Waals surface area contributed by atoms with Crippen molar-refractivity contribution in [3.63, 3.8) is 0 Å². The van der Waals surface area contributed by atoms with Crippen molar-refractivity contribution in [1.29, 1.82) is 0 Å². The van der Waals surface area contributed by atoms with Gasteiger partial charge < -0.3 is 15.4 Å². The molecule has 6 heteroatoms. The van der Waals surface area contributed by atoms with Gasteiger partial charge in [0.25, 0.3) is 0 Å². The summed E-state index contributed by atoms with van der Waals surface area (Å²) in [6.45, 7) is 5.48. The Morgan fingerprint density at radius 1 is 1.29 bits per heavy atom. The average molecular weight is 352 g/mol. The van der Waals surface area contributed by atoms with Crippen LogP contribution in [0.1, 0.15) is 49.9 Å². The largest absolute Gasteiger partial charge is 0.379 e. The van der Waals surface area contributed by atoms with Gasteiger partial charge in [-0.2, -0.15) is 0 Å². The molecule has 1 saturated carbocycles. The van der Waals surface area contributed by atoms with Crippen molar-refractivity contribution >= 4 is 17.4 Å². The molecule has 0 spiro atoms. The van der Waals surface area contributed by atoms with Crippen LogP contribution in [0.2, 0.25) is 0 Å². The Labute approximate surface area is 148 Å². The van der Waals surface area contributed by atoms with Gasteiger partial charge >= 0.3 is 6.03 Å². The standard InChI is InChI=1S/C18H29N3O2S/c1-14(19-18(22)20-15-6-3-2-4-7-15)17(16-8-5-13-24-16)21-9-11-23-12-10-21/h5,8,13-15,17H,2-4,6-7,9-12H2,1H3,(H2,19,20,22)/t14-,17+/m0/s1. The molecule has 2 aliphatic rings. The van der Waals surface area contributed by atoms with Gasteiger partial charge in [-0.15, -0.1) is 11.3 Å². The predicted octanol–water partition coefficient (Wildman–Crippen LogP) is 3.14. The van der Waals surface area contributed by atoms with Crippen molar-refractivity contribution in [3.05, 3.63) is 22.4 Å². The number of carbonyl (C=O) groups is 1. The lowest BCUT2D eigenvalue weighted by Gasteiger charge is -2.37. The van der Waals surface area contributed by atoms with Crippen molar-refractivity contribution < 1.29 is 9.53 Å². The van der Waals surface area contributed by atoms with Gasteiger partial charge in [-0.1, -0.05) is 25.3 Å².